The average Bonchev–Trinajstić information content (AvgIpc) is 3.18. The fourth-order valence-corrected chi connectivity index (χ4v) is 4.14. The monoisotopic (exact) mass is 454 g/mol. The first-order chi connectivity index (χ1) is 15.3. The summed E-state index contributed by atoms with van der Waals surface area (Å²) in [5.41, 5.74) is 0.564. The number of aromatic amines is 1. The Bertz CT molecular complexity index is 1500. The van der Waals surface area contributed by atoms with Crippen LogP contribution in [0.3, 0.4) is 0 Å². The van der Waals surface area contributed by atoms with Gasteiger partial charge in [-0.15, -0.1) is 5.10 Å². The number of halogens is 2. The van der Waals surface area contributed by atoms with Crippen molar-refractivity contribution >= 4 is 26.7 Å². The van der Waals surface area contributed by atoms with Crippen LogP contribution in [0, 0.1) is 30.4 Å². The number of rotatable bonds is 4. The summed E-state index contributed by atoms with van der Waals surface area (Å²) in [5, 5.41) is 7.17. The van der Waals surface area contributed by atoms with Crippen molar-refractivity contribution in [2.24, 2.45) is 0 Å². The molecular weight excluding hydrogens is 438 g/mol. The van der Waals surface area contributed by atoms with Crippen LogP contribution in [0.1, 0.15) is 16.7 Å². The molecule has 0 fully saturated rings. The second-order valence-corrected chi connectivity index (χ2v) is 8.49. The van der Waals surface area contributed by atoms with Crippen molar-refractivity contribution < 1.29 is 21.9 Å². The van der Waals surface area contributed by atoms with Gasteiger partial charge in [-0.2, -0.15) is 0 Å². The number of aryl methyl sites for hydroxylation is 1. The third kappa shape index (κ3) is 4.10. The second kappa shape index (κ2) is 8.28. The van der Waals surface area contributed by atoms with Crippen LogP contribution in [0.15, 0.2) is 53.6 Å². The molecule has 0 saturated carbocycles. The molecule has 0 saturated heterocycles. The largest absolute Gasteiger partial charge is 0.479 e. The summed E-state index contributed by atoms with van der Waals surface area (Å²) in [6.07, 6.45) is 1.41. The molecule has 0 aliphatic rings. The Morgan fingerprint density at radius 3 is 2.69 bits per heavy atom. The predicted octanol–water partition coefficient (Wildman–Crippen LogP) is 3.75. The zero-order valence-corrected chi connectivity index (χ0v) is 17.7. The summed E-state index contributed by atoms with van der Waals surface area (Å²) in [5.74, 6) is 3.32. The van der Waals surface area contributed by atoms with Gasteiger partial charge in [-0.1, -0.05) is 24.0 Å². The van der Waals surface area contributed by atoms with Crippen LogP contribution in [-0.2, 0) is 10.0 Å². The minimum absolute atomic E-state index is 0.0395. The molecule has 162 valence electrons. The van der Waals surface area contributed by atoms with Crippen molar-refractivity contribution in [3.63, 3.8) is 0 Å². The smallest absolute Gasteiger partial charge is 0.261 e. The fraction of sp³-hybridized carbons (Fsp3) is 0.0909. The number of H-pyrrole nitrogens is 1. The number of ether oxygens (including phenoxy) is 1. The highest BCUT2D eigenvalue weighted by Gasteiger charge is 2.19. The van der Waals surface area contributed by atoms with E-state index in [0.717, 1.165) is 17.7 Å². The van der Waals surface area contributed by atoms with Crippen LogP contribution in [0.4, 0.5) is 14.5 Å². The Balaban J connectivity index is 1.69. The molecule has 4 aromatic rings. The normalized spacial score (nSPS) is 11.1. The number of nitrogens with zero attached hydrogens (tertiary/aromatic N) is 2. The van der Waals surface area contributed by atoms with Crippen LogP contribution in [0.25, 0.3) is 11.0 Å². The van der Waals surface area contributed by atoms with E-state index in [0.29, 0.717) is 22.5 Å². The fourth-order valence-electron chi connectivity index (χ4n) is 2.97. The van der Waals surface area contributed by atoms with Crippen molar-refractivity contribution in [2.45, 2.75) is 11.8 Å². The summed E-state index contributed by atoms with van der Waals surface area (Å²) in [7, 11) is -2.63. The highest BCUT2D eigenvalue weighted by Crippen LogP contribution is 2.25. The van der Waals surface area contributed by atoms with E-state index in [9.17, 15) is 17.2 Å². The molecule has 0 aliphatic heterocycles. The van der Waals surface area contributed by atoms with Gasteiger partial charge in [0.2, 0.25) is 5.88 Å². The zero-order chi connectivity index (χ0) is 22.9. The van der Waals surface area contributed by atoms with E-state index in [1.165, 1.54) is 25.4 Å². The maximum absolute atomic E-state index is 15.0. The van der Waals surface area contributed by atoms with Gasteiger partial charge in [0.25, 0.3) is 10.0 Å². The van der Waals surface area contributed by atoms with Crippen LogP contribution < -0.4 is 9.46 Å². The van der Waals surface area contributed by atoms with Gasteiger partial charge in [0, 0.05) is 11.8 Å². The lowest BCUT2D eigenvalue weighted by Gasteiger charge is -2.10. The van der Waals surface area contributed by atoms with E-state index in [2.05, 4.69) is 31.7 Å². The van der Waals surface area contributed by atoms with Crippen LogP contribution >= 0.6 is 0 Å². The summed E-state index contributed by atoms with van der Waals surface area (Å²) in [6.45, 7) is 1.73. The number of fused-ring (bicyclic) bond motifs is 1. The standard InChI is InChI=1S/C22H16F2N4O3S/c1-13-4-3-5-15(10-13)32(29,30)28-19-9-8-18(23)16(20(19)24)7-6-14-11-17-21(25-12-14)26-27-22(17)31-2/h3-5,8-12,28H,1-2H3,(H,25,26,27). The van der Waals surface area contributed by atoms with Gasteiger partial charge in [-0.05, 0) is 42.8 Å². The third-order valence-corrected chi connectivity index (χ3v) is 5.91. The molecule has 0 spiro atoms. The summed E-state index contributed by atoms with van der Waals surface area (Å²) in [4.78, 5) is 4.09. The van der Waals surface area contributed by atoms with E-state index in [1.807, 2.05) is 0 Å². The molecule has 0 radical (unpaired) electrons. The molecule has 2 heterocycles. The first kappa shape index (κ1) is 21.3. The van der Waals surface area contributed by atoms with Gasteiger partial charge < -0.3 is 4.74 Å². The first-order valence-corrected chi connectivity index (χ1v) is 10.7. The molecule has 2 aromatic heterocycles. The summed E-state index contributed by atoms with van der Waals surface area (Å²) < 4.78 is 61.7. The molecule has 0 amide bonds. The molecular formula is C22H16F2N4O3S. The highest BCUT2D eigenvalue weighted by molar-refractivity contribution is 7.92. The van der Waals surface area contributed by atoms with E-state index in [1.54, 1.807) is 25.1 Å². The number of pyridine rings is 1. The number of methoxy groups -OCH3 is 1. The van der Waals surface area contributed by atoms with Crippen LogP contribution in [-0.4, -0.2) is 30.7 Å². The quantitative estimate of drug-likeness (QED) is 0.458. The minimum atomic E-state index is -4.08. The van der Waals surface area contributed by atoms with E-state index in [4.69, 9.17) is 4.74 Å². The molecule has 32 heavy (non-hydrogen) atoms. The molecule has 0 unspecified atom stereocenters. The number of sulfonamides is 1. The Kier molecular flexibility index (Phi) is 5.50. The molecule has 0 atom stereocenters. The molecule has 2 N–H and O–H groups in total. The Morgan fingerprint density at radius 2 is 1.94 bits per heavy atom. The van der Waals surface area contributed by atoms with Crippen molar-refractivity contribution in [3.8, 4) is 17.7 Å². The van der Waals surface area contributed by atoms with Crippen molar-refractivity contribution in [1.82, 2.24) is 15.2 Å². The number of hydrogen-bond acceptors (Lipinski definition) is 5. The molecule has 4 rings (SSSR count). The molecule has 2 aromatic carbocycles. The van der Waals surface area contributed by atoms with E-state index in [-0.39, 0.29) is 4.90 Å². The van der Waals surface area contributed by atoms with Crippen LogP contribution in [0.5, 0.6) is 5.88 Å². The second-order valence-electron chi connectivity index (χ2n) is 6.81. The number of hydrogen-bond donors (Lipinski definition) is 2. The SMILES string of the molecule is COc1n[nH]c2ncc(C#Cc3c(F)ccc(NS(=O)(=O)c4cccc(C)c4)c3F)cc12. The molecule has 0 aliphatic carbocycles. The van der Waals surface area contributed by atoms with Gasteiger partial charge in [0.15, 0.2) is 11.5 Å². The van der Waals surface area contributed by atoms with Crippen LogP contribution in [0.2, 0.25) is 0 Å². The Labute approximate surface area is 182 Å². The maximum atomic E-state index is 15.0. The summed E-state index contributed by atoms with van der Waals surface area (Å²) >= 11 is 0. The number of benzene rings is 2. The molecule has 7 nitrogen and oxygen atoms in total. The molecule has 0 bridgehead atoms. The van der Waals surface area contributed by atoms with Gasteiger partial charge in [-0.3, -0.25) is 9.82 Å². The topological polar surface area (TPSA) is 97.0 Å². The van der Waals surface area contributed by atoms with Gasteiger partial charge in [-0.25, -0.2) is 22.2 Å². The van der Waals surface area contributed by atoms with Gasteiger partial charge in [0.05, 0.1) is 28.6 Å². The average molecular weight is 454 g/mol. The van der Waals surface area contributed by atoms with Crippen molar-refractivity contribution in [2.75, 3.05) is 11.8 Å². The van der Waals surface area contributed by atoms with Crippen molar-refractivity contribution in [1.29, 1.82) is 0 Å². The number of anilines is 1. The zero-order valence-electron chi connectivity index (χ0n) is 16.9. The van der Waals surface area contributed by atoms with Gasteiger partial charge >= 0.3 is 0 Å². The lowest BCUT2D eigenvalue weighted by Crippen LogP contribution is -2.14. The minimum Gasteiger partial charge on any atom is -0.479 e. The lowest BCUT2D eigenvalue weighted by atomic mass is 10.1. The highest BCUT2D eigenvalue weighted by atomic mass is 32.2. The number of aromatic nitrogens is 3. The lowest BCUT2D eigenvalue weighted by molar-refractivity contribution is 0.401. The third-order valence-electron chi connectivity index (χ3n) is 4.54. The Morgan fingerprint density at radius 1 is 1.12 bits per heavy atom. The van der Waals surface area contributed by atoms with E-state index >= 15 is 0 Å². The maximum Gasteiger partial charge on any atom is 0.261 e. The van der Waals surface area contributed by atoms with Gasteiger partial charge in [0.1, 0.15) is 5.82 Å². The molecule has 10 heteroatoms. The predicted molar refractivity (Wildman–Crippen MR) is 115 cm³/mol. The number of nitrogens with one attached hydrogen (secondary N) is 2. The first-order valence-electron chi connectivity index (χ1n) is 9.26. The van der Waals surface area contributed by atoms with E-state index < -0.39 is 32.9 Å². The summed E-state index contributed by atoms with van der Waals surface area (Å²) in [6, 6.07) is 9.69. The van der Waals surface area contributed by atoms with Crippen molar-refractivity contribution in [3.05, 3.63) is 77.0 Å². The Hall–Kier alpha value is -3.97.